The maximum atomic E-state index is 11.7. The van der Waals surface area contributed by atoms with Crippen molar-refractivity contribution in [1.82, 2.24) is 5.32 Å². The second-order valence-corrected chi connectivity index (χ2v) is 7.94. The first kappa shape index (κ1) is 16.8. The van der Waals surface area contributed by atoms with E-state index in [1.165, 1.54) is 7.11 Å². The van der Waals surface area contributed by atoms with E-state index >= 15 is 0 Å². The molecule has 0 amide bonds. The number of methoxy groups -OCH3 is 1. The maximum Gasteiger partial charge on any atom is 0.156 e. The van der Waals surface area contributed by atoms with Crippen molar-refractivity contribution in [1.29, 1.82) is 0 Å². The van der Waals surface area contributed by atoms with Crippen LogP contribution in [-0.2, 0) is 14.6 Å². The number of aliphatic hydroxyl groups excluding tert-OH is 1. The average molecular weight is 267 g/mol. The lowest BCUT2D eigenvalue weighted by Crippen LogP contribution is -2.35. The standard InChI is InChI=1S/C11H25NO4S/c1-11(2,3)17(14,15)8-7-12-6-5-10(13)9-16-4/h10,12-13H,5-9H2,1-4H3. The summed E-state index contributed by atoms with van der Waals surface area (Å²) in [6.07, 6.45) is 0.0652. The van der Waals surface area contributed by atoms with Gasteiger partial charge in [0, 0.05) is 13.7 Å². The van der Waals surface area contributed by atoms with Crippen molar-refractivity contribution in [3.63, 3.8) is 0 Å². The van der Waals surface area contributed by atoms with E-state index in [0.717, 1.165) is 0 Å². The predicted octanol–water partition coefficient (Wildman–Crippen LogP) is 0.187. The molecule has 0 radical (unpaired) electrons. The Kier molecular flexibility index (Phi) is 7.23. The first-order valence-corrected chi connectivity index (χ1v) is 7.46. The summed E-state index contributed by atoms with van der Waals surface area (Å²) in [5.41, 5.74) is 0. The van der Waals surface area contributed by atoms with Crippen molar-refractivity contribution in [2.45, 2.75) is 38.0 Å². The highest BCUT2D eigenvalue weighted by atomic mass is 32.2. The first-order chi connectivity index (χ1) is 7.70. The van der Waals surface area contributed by atoms with Gasteiger partial charge in [0.2, 0.25) is 0 Å². The Labute approximate surface area is 104 Å². The third kappa shape index (κ3) is 6.98. The van der Waals surface area contributed by atoms with E-state index in [2.05, 4.69) is 5.32 Å². The van der Waals surface area contributed by atoms with Crippen LogP contribution in [0.5, 0.6) is 0 Å². The van der Waals surface area contributed by atoms with Gasteiger partial charge in [0.15, 0.2) is 9.84 Å². The van der Waals surface area contributed by atoms with E-state index in [0.29, 0.717) is 26.1 Å². The monoisotopic (exact) mass is 267 g/mol. The van der Waals surface area contributed by atoms with Gasteiger partial charge in [0.25, 0.3) is 0 Å². The molecule has 0 aromatic carbocycles. The maximum absolute atomic E-state index is 11.7. The minimum Gasteiger partial charge on any atom is -0.391 e. The van der Waals surface area contributed by atoms with Crippen LogP contribution in [0.1, 0.15) is 27.2 Å². The molecule has 17 heavy (non-hydrogen) atoms. The fourth-order valence-electron chi connectivity index (χ4n) is 1.18. The molecule has 6 heteroatoms. The molecule has 1 unspecified atom stereocenters. The molecule has 0 saturated heterocycles. The van der Waals surface area contributed by atoms with Crippen molar-refractivity contribution < 1.29 is 18.3 Å². The molecule has 2 N–H and O–H groups in total. The van der Waals surface area contributed by atoms with Gasteiger partial charge >= 0.3 is 0 Å². The van der Waals surface area contributed by atoms with Crippen LogP contribution in [0.4, 0.5) is 0 Å². The number of aliphatic hydroxyl groups is 1. The SMILES string of the molecule is COCC(O)CCNCCS(=O)(=O)C(C)(C)C. The quantitative estimate of drug-likeness (QED) is 0.614. The number of sulfone groups is 1. The van der Waals surface area contributed by atoms with Crippen molar-refractivity contribution in [3.8, 4) is 0 Å². The molecule has 0 heterocycles. The van der Waals surface area contributed by atoms with Crippen LogP contribution in [0.3, 0.4) is 0 Å². The molecular weight excluding hydrogens is 242 g/mol. The normalized spacial score (nSPS) is 14.9. The van der Waals surface area contributed by atoms with Gasteiger partial charge in [-0.15, -0.1) is 0 Å². The molecule has 0 aliphatic carbocycles. The second kappa shape index (κ2) is 7.31. The largest absolute Gasteiger partial charge is 0.391 e. The summed E-state index contributed by atoms with van der Waals surface area (Å²) >= 11 is 0. The van der Waals surface area contributed by atoms with Crippen LogP contribution in [-0.4, -0.2) is 56.9 Å². The van der Waals surface area contributed by atoms with Gasteiger partial charge in [-0.05, 0) is 33.7 Å². The lowest BCUT2D eigenvalue weighted by atomic mass is 10.3. The van der Waals surface area contributed by atoms with E-state index in [1.807, 2.05) is 0 Å². The Bertz CT molecular complexity index is 295. The molecule has 0 bridgehead atoms. The van der Waals surface area contributed by atoms with E-state index in [9.17, 15) is 13.5 Å². The average Bonchev–Trinajstić information content (AvgIpc) is 2.15. The molecule has 0 aliphatic heterocycles. The van der Waals surface area contributed by atoms with Gasteiger partial charge in [-0.2, -0.15) is 0 Å². The summed E-state index contributed by atoms with van der Waals surface area (Å²) < 4.78 is 27.6. The zero-order valence-corrected chi connectivity index (χ0v) is 12.0. The second-order valence-electron chi connectivity index (χ2n) is 5.08. The smallest absolute Gasteiger partial charge is 0.156 e. The van der Waals surface area contributed by atoms with Crippen LogP contribution in [0.15, 0.2) is 0 Å². The van der Waals surface area contributed by atoms with Crippen LogP contribution >= 0.6 is 0 Å². The van der Waals surface area contributed by atoms with Gasteiger partial charge in [-0.25, -0.2) is 8.42 Å². The topological polar surface area (TPSA) is 75.6 Å². The van der Waals surface area contributed by atoms with Crippen LogP contribution < -0.4 is 5.32 Å². The lowest BCUT2D eigenvalue weighted by Gasteiger charge is -2.19. The highest BCUT2D eigenvalue weighted by Gasteiger charge is 2.27. The molecule has 0 fully saturated rings. The van der Waals surface area contributed by atoms with Crippen molar-refractivity contribution in [2.24, 2.45) is 0 Å². The van der Waals surface area contributed by atoms with Gasteiger partial charge in [0.1, 0.15) is 0 Å². The molecule has 5 nitrogen and oxygen atoms in total. The zero-order valence-electron chi connectivity index (χ0n) is 11.2. The summed E-state index contributed by atoms with van der Waals surface area (Å²) in [6.45, 7) is 6.41. The lowest BCUT2D eigenvalue weighted by molar-refractivity contribution is 0.0595. The Hall–Kier alpha value is -0.170. The van der Waals surface area contributed by atoms with Gasteiger partial charge < -0.3 is 15.2 Å². The number of hydrogen-bond acceptors (Lipinski definition) is 5. The first-order valence-electron chi connectivity index (χ1n) is 5.80. The molecule has 0 saturated carbocycles. The predicted molar refractivity (Wildman–Crippen MR) is 68.9 cm³/mol. The Morgan fingerprint density at radius 3 is 2.35 bits per heavy atom. The fraction of sp³-hybridized carbons (Fsp3) is 1.00. The third-order valence-corrected chi connectivity index (χ3v) is 5.10. The molecule has 0 rings (SSSR count). The van der Waals surface area contributed by atoms with Crippen molar-refractivity contribution >= 4 is 9.84 Å². The highest BCUT2D eigenvalue weighted by Crippen LogP contribution is 2.15. The zero-order chi connectivity index (χ0) is 13.5. The summed E-state index contributed by atoms with van der Waals surface area (Å²) in [5.74, 6) is 0.122. The molecule has 0 spiro atoms. The molecule has 0 aromatic heterocycles. The molecule has 104 valence electrons. The summed E-state index contributed by atoms with van der Waals surface area (Å²) in [5, 5.41) is 12.4. The molecular formula is C11H25NO4S. The summed E-state index contributed by atoms with van der Waals surface area (Å²) in [6, 6.07) is 0. The number of rotatable bonds is 8. The summed E-state index contributed by atoms with van der Waals surface area (Å²) in [7, 11) is -1.52. The third-order valence-electron chi connectivity index (χ3n) is 2.49. The van der Waals surface area contributed by atoms with E-state index in [-0.39, 0.29) is 5.75 Å². The fourth-order valence-corrected chi connectivity index (χ4v) is 2.21. The van der Waals surface area contributed by atoms with Crippen LogP contribution in [0, 0.1) is 0 Å². The number of nitrogens with one attached hydrogen (secondary N) is 1. The van der Waals surface area contributed by atoms with E-state index in [4.69, 9.17) is 4.74 Å². The Morgan fingerprint density at radius 1 is 1.29 bits per heavy atom. The molecule has 1 atom stereocenters. The minimum absolute atomic E-state index is 0.122. The number of ether oxygens (including phenoxy) is 1. The minimum atomic E-state index is -3.06. The Morgan fingerprint density at radius 2 is 1.88 bits per heavy atom. The summed E-state index contributed by atoms with van der Waals surface area (Å²) in [4.78, 5) is 0. The van der Waals surface area contributed by atoms with Crippen LogP contribution in [0.2, 0.25) is 0 Å². The molecule has 0 aliphatic rings. The number of hydrogen-bond donors (Lipinski definition) is 2. The van der Waals surface area contributed by atoms with Gasteiger partial charge in [-0.3, -0.25) is 0 Å². The van der Waals surface area contributed by atoms with Crippen molar-refractivity contribution in [2.75, 3.05) is 32.6 Å². The van der Waals surface area contributed by atoms with E-state index in [1.54, 1.807) is 20.8 Å². The highest BCUT2D eigenvalue weighted by molar-refractivity contribution is 7.92. The van der Waals surface area contributed by atoms with Gasteiger partial charge in [0.05, 0.1) is 23.2 Å². The van der Waals surface area contributed by atoms with E-state index < -0.39 is 20.7 Å². The van der Waals surface area contributed by atoms with Crippen molar-refractivity contribution in [3.05, 3.63) is 0 Å². The van der Waals surface area contributed by atoms with Gasteiger partial charge in [-0.1, -0.05) is 0 Å². The molecule has 0 aromatic rings. The Balaban J connectivity index is 3.73. The van der Waals surface area contributed by atoms with Crippen LogP contribution in [0.25, 0.3) is 0 Å².